The largest absolute Gasteiger partial charge is 0.366 e. The van der Waals surface area contributed by atoms with Gasteiger partial charge in [0, 0.05) is 31.2 Å². The molecule has 6 heteroatoms. The molecule has 2 aliphatic heterocycles. The maximum Gasteiger partial charge on any atom is 0.220 e. The molecule has 1 atom stereocenters. The van der Waals surface area contributed by atoms with Gasteiger partial charge in [-0.25, -0.2) is 0 Å². The average molecular weight is 388 g/mol. The number of benzene rings is 1. The molecule has 0 saturated carbocycles. The second kappa shape index (κ2) is 10.9. The van der Waals surface area contributed by atoms with E-state index >= 15 is 0 Å². The van der Waals surface area contributed by atoms with Crippen molar-refractivity contribution in [2.24, 2.45) is 5.92 Å². The molecule has 0 bridgehead atoms. The Morgan fingerprint density at radius 3 is 2.76 bits per heavy atom. The molecule has 1 aromatic carbocycles. The number of nitrogens with one attached hydrogen (secondary N) is 2. The van der Waals surface area contributed by atoms with E-state index in [1.165, 1.54) is 24.1 Å². The van der Waals surface area contributed by atoms with E-state index in [0.717, 1.165) is 44.9 Å². The van der Waals surface area contributed by atoms with E-state index in [0.29, 0.717) is 12.5 Å². The minimum absolute atomic E-state index is 0. The lowest BCUT2D eigenvalue weighted by Crippen LogP contribution is -2.41. The van der Waals surface area contributed by atoms with Crippen molar-refractivity contribution in [2.45, 2.75) is 45.1 Å². The SMILES string of the molecule is CC(CNC(=O)CCC1CCNCC1)N1CCc2ccccc21.Cl.Cl. The van der Waals surface area contributed by atoms with Gasteiger partial charge in [-0.15, -0.1) is 24.8 Å². The molecule has 1 saturated heterocycles. The Labute approximate surface area is 163 Å². The van der Waals surface area contributed by atoms with Gasteiger partial charge in [0.25, 0.3) is 0 Å². The van der Waals surface area contributed by atoms with Crippen LogP contribution in [0.25, 0.3) is 0 Å². The standard InChI is InChI=1S/C19H29N3O.2ClH/c1-15(22-13-10-17-4-2-3-5-18(17)22)14-21-19(23)7-6-16-8-11-20-12-9-16;;/h2-5,15-16,20H,6-14H2,1H3,(H,21,23);2*1H. The lowest BCUT2D eigenvalue weighted by atomic mass is 9.93. The maximum absolute atomic E-state index is 12.1. The highest BCUT2D eigenvalue weighted by Crippen LogP contribution is 2.28. The molecule has 0 spiro atoms. The van der Waals surface area contributed by atoms with Crippen LogP contribution in [0.1, 0.15) is 38.2 Å². The summed E-state index contributed by atoms with van der Waals surface area (Å²) < 4.78 is 0. The first kappa shape index (κ1) is 22.1. The van der Waals surface area contributed by atoms with Crippen molar-refractivity contribution < 1.29 is 4.79 Å². The van der Waals surface area contributed by atoms with E-state index in [9.17, 15) is 4.79 Å². The number of para-hydroxylation sites is 1. The number of anilines is 1. The highest BCUT2D eigenvalue weighted by Gasteiger charge is 2.23. The van der Waals surface area contributed by atoms with Crippen molar-refractivity contribution in [3.05, 3.63) is 29.8 Å². The van der Waals surface area contributed by atoms with Crippen molar-refractivity contribution in [1.82, 2.24) is 10.6 Å². The quantitative estimate of drug-likeness (QED) is 0.787. The summed E-state index contributed by atoms with van der Waals surface area (Å²) in [5, 5.41) is 6.51. The topological polar surface area (TPSA) is 44.4 Å². The van der Waals surface area contributed by atoms with E-state index < -0.39 is 0 Å². The molecule has 142 valence electrons. The van der Waals surface area contributed by atoms with Crippen LogP contribution in [0.4, 0.5) is 5.69 Å². The van der Waals surface area contributed by atoms with Gasteiger partial charge in [0.05, 0.1) is 0 Å². The minimum Gasteiger partial charge on any atom is -0.366 e. The molecule has 0 aliphatic carbocycles. The lowest BCUT2D eigenvalue weighted by Gasteiger charge is -2.27. The van der Waals surface area contributed by atoms with Gasteiger partial charge in [0.1, 0.15) is 0 Å². The first-order valence-electron chi connectivity index (χ1n) is 9.06. The van der Waals surface area contributed by atoms with Gasteiger partial charge in [0.15, 0.2) is 0 Å². The van der Waals surface area contributed by atoms with Crippen LogP contribution < -0.4 is 15.5 Å². The molecule has 25 heavy (non-hydrogen) atoms. The number of nitrogens with zero attached hydrogens (tertiary/aromatic N) is 1. The van der Waals surface area contributed by atoms with Gasteiger partial charge in [-0.1, -0.05) is 18.2 Å². The van der Waals surface area contributed by atoms with Gasteiger partial charge in [-0.05, 0) is 63.2 Å². The molecule has 4 nitrogen and oxygen atoms in total. The Kier molecular flexibility index (Phi) is 9.62. The monoisotopic (exact) mass is 387 g/mol. The highest BCUT2D eigenvalue weighted by atomic mass is 35.5. The number of carbonyl (C=O) groups is 1. The number of rotatable bonds is 6. The average Bonchev–Trinajstić information content (AvgIpc) is 3.03. The van der Waals surface area contributed by atoms with Gasteiger partial charge < -0.3 is 15.5 Å². The summed E-state index contributed by atoms with van der Waals surface area (Å²) in [6.45, 7) is 6.22. The van der Waals surface area contributed by atoms with Crippen LogP contribution in [0.5, 0.6) is 0 Å². The van der Waals surface area contributed by atoms with Crippen LogP contribution >= 0.6 is 24.8 Å². The van der Waals surface area contributed by atoms with E-state index in [1.807, 2.05) is 0 Å². The summed E-state index contributed by atoms with van der Waals surface area (Å²) in [5.74, 6) is 0.938. The molecule has 1 unspecified atom stereocenters. The number of carbonyl (C=O) groups excluding carboxylic acids is 1. The summed E-state index contributed by atoms with van der Waals surface area (Å²) in [4.78, 5) is 14.5. The molecule has 1 amide bonds. The van der Waals surface area contributed by atoms with Crippen molar-refractivity contribution in [2.75, 3.05) is 31.1 Å². The Morgan fingerprint density at radius 2 is 2.00 bits per heavy atom. The third-order valence-corrected chi connectivity index (χ3v) is 5.29. The fourth-order valence-corrected chi connectivity index (χ4v) is 3.79. The Hall–Kier alpha value is -0.970. The molecular weight excluding hydrogens is 357 g/mol. The second-order valence-electron chi connectivity index (χ2n) is 6.96. The van der Waals surface area contributed by atoms with Crippen molar-refractivity contribution >= 4 is 36.4 Å². The molecule has 0 radical (unpaired) electrons. The number of halogens is 2. The van der Waals surface area contributed by atoms with Crippen LogP contribution in [0.3, 0.4) is 0 Å². The second-order valence-corrected chi connectivity index (χ2v) is 6.96. The zero-order valence-corrected chi connectivity index (χ0v) is 16.6. The van der Waals surface area contributed by atoms with Gasteiger partial charge in [-0.3, -0.25) is 4.79 Å². The van der Waals surface area contributed by atoms with Crippen molar-refractivity contribution in [3.8, 4) is 0 Å². The van der Waals surface area contributed by atoms with E-state index in [2.05, 4.69) is 46.7 Å². The van der Waals surface area contributed by atoms with Crippen LogP contribution in [0, 0.1) is 5.92 Å². The number of piperidine rings is 1. The Bertz CT molecular complexity index is 535. The number of amides is 1. The zero-order valence-electron chi connectivity index (χ0n) is 15.0. The summed E-state index contributed by atoms with van der Waals surface area (Å²) in [6, 6.07) is 8.95. The van der Waals surface area contributed by atoms with Crippen LogP contribution in [-0.4, -0.2) is 38.1 Å². The Balaban J connectivity index is 0.00000156. The van der Waals surface area contributed by atoms with E-state index in [-0.39, 0.29) is 30.7 Å². The first-order chi connectivity index (χ1) is 11.2. The number of fused-ring (bicyclic) bond motifs is 1. The summed E-state index contributed by atoms with van der Waals surface area (Å²) in [6.07, 6.45) is 5.26. The first-order valence-corrected chi connectivity index (χ1v) is 9.06. The third-order valence-electron chi connectivity index (χ3n) is 5.29. The lowest BCUT2D eigenvalue weighted by molar-refractivity contribution is -0.121. The van der Waals surface area contributed by atoms with Gasteiger partial charge in [0.2, 0.25) is 5.91 Å². The van der Waals surface area contributed by atoms with Crippen molar-refractivity contribution in [1.29, 1.82) is 0 Å². The summed E-state index contributed by atoms with van der Waals surface area (Å²) >= 11 is 0. The van der Waals surface area contributed by atoms with Crippen molar-refractivity contribution in [3.63, 3.8) is 0 Å². The fraction of sp³-hybridized carbons (Fsp3) is 0.632. The smallest absolute Gasteiger partial charge is 0.220 e. The molecule has 1 fully saturated rings. The van der Waals surface area contributed by atoms with Crippen LogP contribution in [0.15, 0.2) is 24.3 Å². The normalized spacial score (nSPS) is 17.9. The zero-order chi connectivity index (χ0) is 16.1. The van der Waals surface area contributed by atoms with Crippen LogP contribution in [-0.2, 0) is 11.2 Å². The van der Waals surface area contributed by atoms with Gasteiger partial charge >= 0.3 is 0 Å². The minimum atomic E-state index is 0. The summed E-state index contributed by atoms with van der Waals surface area (Å²) in [7, 11) is 0. The van der Waals surface area contributed by atoms with Gasteiger partial charge in [-0.2, -0.15) is 0 Å². The molecule has 1 aromatic rings. The number of hydrogen-bond acceptors (Lipinski definition) is 3. The predicted molar refractivity (Wildman–Crippen MR) is 109 cm³/mol. The fourth-order valence-electron chi connectivity index (χ4n) is 3.79. The maximum atomic E-state index is 12.1. The molecule has 0 aromatic heterocycles. The highest BCUT2D eigenvalue weighted by molar-refractivity contribution is 5.85. The number of hydrogen-bond donors (Lipinski definition) is 2. The van der Waals surface area contributed by atoms with E-state index in [4.69, 9.17) is 0 Å². The molecule has 2 heterocycles. The molecule has 2 aliphatic rings. The Morgan fingerprint density at radius 1 is 1.28 bits per heavy atom. The molecule has 3 rings (SSSR count). The van der Waals surface area contributed by atoms with E-state index in [1.54, 1.807) is 0 Å². The molecular formula is C19H31Cl2N3O. The van der Waals surface area contributed by atoms with Crippen LogP contribution in [0.2, 0.25) is 0 Å². The summed E-state index contributed by atoms with van der Waals surface area (Å²) in [5.41, 5.74) is 2.76. The predicted octanol–water partition coefficient (Wildman–Crippen LogP) is 3.18. The third kappa shape index (κ3) is 6.05. The molecule has 2 N–H and O–H groups in total.